The Kier molecular flexibility index (Phi) is 3.22. The van der Waals surface area contributed by atoms with E-state index in [9.17, 15) is 0 Å². The lowest BCUT2D eigenvalue weighted by atomic mass is 9.99. The highest BCUT2D eigenvalue weighted by Crippen LogP contribution is 2.36. The summed E-state index contributed by atoms with van der Waals surface area (Å²) in [5, 5.41) is 4.60. The number of aromatic nitrogens is 3. The molecular formula is C17H18N4. The summed E-state index contributed by atoms with van der Waals surface area (Å²) in [6, 6.07) is 10.3. The summed E-state index contributed by atoms with van der Waals surface area (Å²) in [6.07, 6.45) is 3.58. The highest BCUT2D eigenvalue weighted by atomic mass is 15.3. The molecule has 0 amide bonds. The number of nitrogens with zero attached hydrogens (tertiary/aromatic N) is 3. The van der Waals surface area contributed by atoms with Crippen LogP contribution < -0.4 is 5.73 Å². The molecule has 4 nitrogen and oxygen atoms in total. The number of aryl methyl sites for hydroxylation is 3. The number of nitrogen functional groups attached to an aromatic ring is 1. The van der Waals surface area contributed by atoms with Crippen molar-refractivity contribution in [1.29, 1.82) is 0 Å². The molecule has 0 aliphatic rings. The van der Waals surface area contributed by atoms with Gasteiger partial charge in [0.25, 0.3) is 0 Å². The van der Waals surface area contributed by atoms with Gasteiger partial charge in [0.15, 0.2) is 0 Å². The number of hydrogen-bond donors (Lipinski definition) is 1. The van der Waals surface area contributed by atoms with Crippen molar-refractivity contribution < 1.29 is 0 Å². The highest BCUT2D eigenvalue weighted by molar-refractivity contribution is 5.88. The van der Waals surface area contributed by atoms with Crippen molar-refractivity contribution in [3.8, 4) is 22.4 Å². The first kappa shape index (κ1) is 13.4. The molecule has 0 atom stereocenters. The molecule has 21 heavy (non-hydrogen) atoms. The fourth-order valence-electron chi connectivity index (χ4n) is 2.65. The zero-order valence-electron chi connectivity index (χ0n) is 12.5. The van der Waals surface area contributed by atoms with Crippen molar-refractivity contribution in [1.82, 2.24) is 14.8 Å². The summed E-state index contributed by atoms with van der Waals surface area (Å²) < 4.78 is 1.72. The van der Waals surface area contributed by atoms with Crippen LogP contribution in [0.3, 0.4) is 0 Å². The maximum atomic E-state index is 6.22. The quantitative estimate of drug-likeness (QED) is 0.782. The number of rotatable bonds is 2. The summed E-state index contributed by atoms with van der Waals surface area (Å²) in [7, 11) is 1.86. The number of pyridine rings is 1. The Morgan fingerprint density at radius 2 is 1.76 bits per heavy atom. The van der Waals surface area contributed by atoms with Gasteiger partial charge in [-0.3, -0.25) is 9.67 Å². The molecule has 0 unspecified atom stereocenters. The third kappa shape index (κ3) is 2.40. The first-order valence-corrected chi connectivity index (χ1v) is 6.88. The minimum atomic E-state index is 0.650. The minimum Gasteiger partial charge on any atom is -0.383 e. The van der Waals surface area contributed by atoms with Gasteiger partial charge in [-0.25, -0.2) is 0 Å². The van der Waals surface area contributed by atoms with E-state index in [0.717, 1.165) is 22.4 Å². The van der Waals surface area contributed by atoms with Crippen LogP contribution in [0, 0.1) is 13.8 Å². The number of anilines is 1. The van der Waals surface area contributed by atoms with Crippen molar-refractivity contribution in [2.24, 2.45) is 7.05 Å². The summed E-state index contributed by atoms with van der Waals surface area (Å²) in [5.74, 6) is 0.650. The predicted octanol–water partition coefficient (Wildman–Crippen LogP) is 3.35. The molecule has 3 aromatic rings. The van der Waals surface area contributed by atoms with Gasteiger partial charge in [0.05, 0.1) is 5.56 Å². The van der Waals surface area contributed by atoms with E-state index in [4.69, 9.17) is 5.73 Å². The Morgan fingerprint density at radius 1 is 1.05 bits per heavy atom. The third-order valence-corrected chi connectivity index (χ3v) is 3.54. The smallest absolute Gasteiger partial charge is 0.129 e. The standard InChI is InChI=1S/C17H18N4/c1-11-7-12(2)9-14(8-11)16-15(17(18)21(3)20-16)13-5-4-6-19-10-13/h4-10H,18H2,1-3H3. The fraction of sp³-hybridized carbons (Fsp3) is 0.176. The topological polar surface area (TPSA) is 56.7 Å². The maximum absolute atomic E-state index is 6.22. The molecule has 106 valence electrons. The molecule has 0 saturated heterocycles. The van der Waals surface area contributed by atoms with E-state index in [0.29, 0.717) is 5.82 Å². The van der Waals surface area contributed by atoms with Crippen LogP contribution in [0.2, 0.25) is 0 Å². The van der Waals surface area contributed by atoms with Crippen molar-refractivity contribution in [3.05, 3.63) is 53.9 Å². The molecule has 2 N–H and O–H groups in total. The first-order valence-electron chi connectivity index (χ1n) is 6.88. The molecule has 4 heteroatoms. The van der Waals surface area contributed by atoms with E-state index >= 15 is 0 Å². The molecular weight excluding hydrogens is 260 g/mol. The Bertz CT molecular complexity index is 768. The van der Waals surface area contributed by atoms with Gasteiger partial charge in [0.1, 0.15) is 11.5 Å². The second-order valence-corrected chi connectivity index (χ2v) is 5.35. The van der Waals surface area contributed by atoms with Crippen molar-refractivity contribution in [3.63, 3.8) is 0 Å². The predicted molar refractivity (Wildman–Crippen MR) is 85.8 cm³/mol. The SMILES string of the molecule is Cc1cc(C)cc(-c2nn(C)c(N)c2-c2cccnc2)c1. The highest BCUT2D eigenvalue weighted by Gasteiger charge is 2.17. The molecule has 0 fully saturated rings. The molecule has 2 aromatic heterocycles. The van der Waals surface area contributed by atoms with Crippen LogP contribution in [0.1, 0.15) is 11.1 Å². The number of benzene rings is 1. The lowest BCUT2D eigenvalue weighted by Crippen LogP contribution is -1.98. The fourth-order valence-corrected chi connectivity index (χ4v) is 2.65. The van der Waals surface area contributed by atoms with Crippen molar-refractivity contribution in [2.45, 2.75) is 13.8 Å². The Balaban J connectivity index is 2.26. The largest absolute Gasteiger partial charge is 0.383 e. The van der Waals surface area contributed by atoms with Gasteiger partial charge in [-0.1, -0.05) is 23.3 Å². The summed E-state index contributed by atoms with van der Waals surface area (Å²) in [6.45, 7) is 4.18. The van der Waals surface area contributed by atoms with Gasteiger partial charge in [-0.05, 0) is 32.0 Å². The molecule has 0 spiro atoms. The van der Waals surface area contributed by atoms with E-state index < -0.39 is 0 Å². The molecule has 3 rings (SSSR count). The molecule has 0 aliphatic carbocycles. The number of hydrogen-bond acceptors (Lipinski definition) is 3. The lowest BCUT2D eigenvalue weighted by Gasteiger charge is -2.06. The lowest BCUT2D eigenvalue weighted by molar-refractivity contribution is 0.782. The molecule has 0 aliphatic heterocycles. The molecule has 0 saturated carbocycles. The van der Waals surface area contributed by atoms with Gasteiger partial charge in [-0.15, -0.1) is 0 Å². The molecule has 1 aromatic carbocycles. The van der Waals surface area contributed by atoms with Crippen molar-refractivity contribution >= 4 is 5.82 Å². The van der Waals surface area contributed by atoms with Crippen LogP contribution in [-0.2, 0) is 7.05 Å². The second-order valence-electron chi connectivity index (χ2n) is 5.35. The second kappa shape index (κ2) is 5.05. The average molecular weight is 278 g/mol. The maximum Gasteiger partial charge on any atom is 0.129 e. The molecule has 2 heterocycles. The monoisotopic (exact) mass is 278 g/mol. The van der Waals surface area contributed by atoms with Crippen LogP contribution in [0.25, 0.3) is 22.4 Å². The average Bonchev–Trinajstić information content (AvgIpc) is 2.75. The van der Waals surface area contributed by atoms with E-state index in [1.165, 1.54) is 11.1 Å². The Hall–Kier alpha value is -2.62. The summed E-state index contributed by atoms with van der Waals surface area (Å²) in [5.41, 5.74) is 12.6. The Morgan fingerprint density at radius 3 is 2.38 bits per heavy atom. The van der Waals surface area contributed by atoms with Gasteiger partial charge in [-0.2, -0.15) is 5.10 Å². The van der Waals surface area contributed by atoms with Crippen LogP contribution >= 0.6 is 0 Å². The van der Waals surface area contributed by atoms with E-state index in [-0.39, 0.29) is 0 Å². The zero-order valence-corrected chi connectivity index (χ0v) is 12.5. The van der Waals surface area contributed by atoms with E-state index in [2.05, 4.69) is 42.1 Å². The normalized spacial score (nSPS) is 10.8. The molecule has 0 radical (unpaired) electrons. The zero-order chi connectivity index (χ0) is 15.0. The third-order valence-electron chi connectivity index (χ3n) is 3.54. The van der Waals surface area contributed by atoms with Gasteiger partial charge in [0.2, 0.25) is 0 Å². The summed E-state index contributed by atoms with van der Waals surface area (Å²) in [4.78, 5) is 4.19. The number of nitrogens with two attached hydrogens (primary N) is 1. The van der Waals surface area contributed by atoms with Crippen LogP contribution in [0.4, 0.5) is 5.82 Å². The van der Waals surface area contributed by atoms with Crippen molar-refractivity contribution in [2.75, 3.05) is 5.73 Å². The van der Waals surface area contributed by atoms with Crippen LogP contribution in [0.5, 0.6) is 0 Å². The van der Waals surface area contributed by atoms with Crippen LogP contribution in [-0.4, -0.2) is 14.8 Å². The van der Waals surface area contributed by atoms with Crippen LogP contribution in [0.15, 0.2) is 42.7 Å². The minimum absolute atomic E-state index is 0.650. The van der Waals surface area contributed by atoms with Gasteiger partial charge < -0.3 is 5.73 Å². The van der Waals surface area contributed by atoms with Gasteiger partial charge in [0, 0.05) is 30.6 Å². The van der Waals surface area contributed by atoms with E-state index in [1.54, 1.807) is 10.9 Å². The first-order chi connectivity index (χ1) is 10.1. The van der Waals surface area contributed by atoms with Gasteiger partial charge >= 0.3 is 0 Å². The Labute approximate surface area is 124 Å². The van der Waals surface area contributed by atoms with E-state index in [1.807, 2.05) is 25.4 Å². The summed E-state index contributed by atoms with van der Waals surface area (Å²) >= 11 is 0. The molecule has 0 bridgehead atoms.